The highest BCUT2D eigenvalue weighted by Crippen LogP contribution is 2.09. The van der Waals surface area contributed by atoms with Crippen LogP contribution >= 0.6 is 0 Å². The molecule has 0 amide bonds. The second-order valence-electron chi connectivity index (χ2n) is 5.83. The summed E-state index contributed by atoms with van der Waals surface area (Å²) in [5, 5.41) is 3.40. The molecular weight excluding hydrogens is 316 g/mol. The number of carbonyl (C=O) groups is 1. The maximum atomic E-state index is 12.9. The Morgan fingerprint density at radius 1 is 1.20 bits per heavy atom. The van der Waals surface area contributed by atoms with Crippen LogP contribution in [0, 0.1) is 0 Å². The van der Waals surface area contributed by atoms with Crippen molar-refractivity contribution in [2.24, 2.45) is 5.73 Å². The van der Waals surface area contributed by atoms with Gasteiger partial charge >= 0.3 is 0 Å². The summed E-state index contributed by atoms with van der Waals surface area (Å²) in [5.74, 6) is 0.484. The molecule has 2 rings (SSSR count). The first kappa shape index (κ1) is 20.9. The Bertz CT molecular complexity index is 634. The topological polar surface area (TPSA) is 112 Å². The molecule has 0 bridgehead atoms. The zero-order valence-electron chi connectivity index (χ0n) is 14.7. The maximum Gasteiger partial charge on any atom is 0.198 e. The van der Waals surface area contributed by atoms with Crippen molar-refractivity contribution in [3.8, 4) is 0 Å². The number of unbranched alkanes of at least 4 members (excludes halogenated alkanes) is 2. The molecule has 6 nitrogen and oxygen atoms in total. The molecule has 1 unspecified atom stereocenters. The molecule has 0 saturated carbocycles. The Labute approximate surface area is 149 Å². The van der Waals surface area contributed by atoms with E-state index in [0.29, 0.717) is 17.9 Å². The van der Waals surface area contributed by atoms with Gasteiger partial charge in [0.05, 0.1) is 12.6 Å². The summed E-state index contributed by atoms with van der Waals surface area (Å²) in [4.78, 5) is 21.2. The number of aromatic nitrogens is 2. The fourth-order valence-electron chi connectivity index (χ4n) is 2.57. The third-order valence-electron chi connectivity index (χ3n) is 3.91. The zero-order chi connectivity index (χ0) is 17.2. The lowest BCUT2D eigenvalue weighted by molar-refractivity contribution is 0.0937. The first-order valence-electron chi connectivity index (χ1n) is 8.58. The molecule has 1 heterocycles. The second kappa shape index (κ2) is 11.4. The van der Waals surface area contributed by atoms with Crippen molar-refractivity contribution in [3.63, 3.8) is 0 Å². The quantitative estimate of drug-likeness (QED) is 0.503. The number of nitrogens with one attached hydrogen (secondary N) is 1. The Balaban J connectivity index is 0.00000312. The van der Waals surface area contributed by atoms with Crippen LogP contribution in [0.5, 0.6) is 0 Å². The van der Waals surface area contributed by atoms with Gasteiger partial charge in [-0.05, 0) is 31.0 Å². The fourth-order valence-corrected chi connectivity index (χ4v) is 2.57. The van der Waals surface area contributed by atoms with Crippen molar-refractivity contribution in [1.82, 2.24) is 15.3 Å². The number of hydrogen-bond acceptors (Lipinski definition) is 5. The van der Waals surface area contributed by atoms with E-state index >= 15 is 0 Å². The summed E-state index contributed by atoms with van der Waals surface area (Å²) < 4.78 is 0. The van der Waals surface area contributed by atoms with Crippen LogP contribution in [0.15, 0.2) is 42.6 Å². The molecule has 2 aromatic rings. The summed E-state index contributed by atoms with van der Waals surface area (Å²) in [6.07, 6.45) is 5.62. The molecule has 5 N–H and O–H groups in total. The molecule has 0 spiro atoms. The van der Waals surface area contributed by atoms with E-state index in [9.17, 15) is 4.79 Å². The van der Waals surface area contributed by atoms with Gasteiger partial charge in [0.1, 0.15) is 11.5 Å². The molecule has 25 heavy (non-hydrogen) atoms. The van der Waals surface area contributed by atoms with Crippen LogP contribution in [-0.4, -0.2) is 33.8 Å². The van der Waals surface area contributed by atoms with E-state index in [1.54, 1.807) is 12.3 Å². The van der Waals surface area contributed by atoms with Gasteiger partial charge in [0.25, 0.3) is 0 Å². The molecule has 0 aliphatic rings. The van der Waals surface area contributed by atoms with Gasteiger partial charge in [0, 0.05) is 6.20 Å². The lowest BCUT2D eigenvalue weighted by atomic mass is 10.00. The van der Waals surface area contributed by atoms with Crippen LogP contribution in [0.25, 0.3) is 0 Å². The predicted molar refractivity (Wildman–Crippen MR) is 99.3 cm³/mol. The van der Waals surface area contributed by atoms with E-state index in [-0.39, 0.29) is 23.8 Å². The number of ketones is 1. The van der Waals surface area contributed by atoms with E-state index in [2.05, 4.69) is 22.2 Å². The van der Waals surface area contributed by atoms with Gasteiger partial charge in [-0.15, -0.1) is 0 Å². The highest BCUT2D eigenvalue weighted by Gasteiger charge is 2.21. The lowest BCUT2D eigenvalue weighted by Gasteiger charge is -2.18. The Hall–Kier alpha value is -2.15. The number of benzene rings is 1. The summed E-state index contributed by atoms with van der Waals surface area (Å²) in [7, 11) is 0. The zero-order valence-corrected chi connectivity index (χ0v) is 14.7. The van der Waals surface area contributed by atoms with Crippen molar-refractivity contribution in [1.29, 1.82) is 0 Å². The van der Waals surface area contributed by atoms with E-state index in [0.717, 1.165) is 31.4 Å². The molecular formula is C19H28N4O2. The number of Topliss-reactive ketones (excluding diaryl/α,β-unsaturated/α-hetero) is 1. The van der Waals surface area contributed by atoms with Crippen LogP contribution in [-0.2, 0) is 13.0 Å². The minimum absolute atomic E-state index is 0. The highest BCUT2D eigenvalue weighted by atomic mass is 16.1. The number of carbonyl (C=O) groups excluding carboxylic acids is 1. The van der Waals surface area contributed by atoms with E-state index in [4.69, 9.17) is 5.73 Å². The van der Waals surface area contributed by atoms with Crippen LogP contribution in [0.4, 0.5) is 0 Å². The first-order valence-corrected chi connectivity index (χ1v) is 8.58. The Morgan fingerprint density at radius 3 is 2.64 bits per heavy atom. The van der Waals surface area contributed by atoms with Gasteiger partial charge in [-0.1, -0.05) is 50.1 Å². The number of nitrogens with zero attached hydrogens (tertiary/aromatic N) is 2. The average molecular weight is 344 g/mol. The number of nitrogens with two attached hydrogens (primary N) is 1. The second-order valence-corrected chi connectivity index (χ2v) is 5.83. The van der Waals surface area contributed by atoms with Gasteiger partial charge in [-0.2, -0.15) is 0 Å². The SMILES string of the molecule is CCCCCNC(Cc1ccccc1)C(=O)c1ccnc(CN)n1.O. The minimum Gasteiger partial charge on any atom is -0.412 e. The van der Waals surface area contributed by atoms with Crippen molar-refractivity contribution < 1.29 is 10.3 Å². The Kier molecular flexibility index (Phi) is 9.54. The largest absolute Gasteiger partial charge is 0.412 e. The molecule has 0 fully saturated rings. The van der Waals surface area contributed by atoms with Crippen LogP contribution in [0.1, 0.15) is 48.1 Å². The van der Waals surface area contributed by atoms with Gasteiger partial charge < -0.3 is 16.5 Å². The highest BCUT2D eigenvalue weighted by molar-refractivity contribution is 5.98. The molecule has 1 aromatic heterocycles. The van der Waals surface area contributed by atoms with Crippen molar-refractivity contribution in [2.45, 2.75) is 45.2 Å². The average Bonchev–Trinajstić information content (AvgIpc) is 2.64. The summed E-state index contributed by atoms with van der Waals surface area (Å²) in [5.41, 5.74) is 7.14. The molecule has 136 valence electrons. The monoisotopic (exact) mass is 344 g/mol. The van der Waals surface area contributed by atoms with Crippen molar-refractivity contribution in [2.75, 3.05) is 6.54 Å². The molecule has 0 radical (unpaired) electrons. The Morgan fingerprint density at radius 2 is 1.96 bits per heavy atom. The van der Waals surface area contributed by atoms with E-state index < -0.39 is 0 Å². The van der Waals surface area contributed by atoms with E-state index in [1.807, 2.05) is 30.3 Å². The van der Waals surface area contributed by atoms with Gasteiger partial charge in [0.2, 0.25) is 0 Å². The van der Waals surface area contributed by atoms with Gasteiger partial charge in [-0.3, -0.25) is 4.79 Å². The van der Waals surface area contributed by atoms with Gasteiger partial charge in [0.15, 0.2) is 5.78 Å². The molecule has 0 saturated heterocycles. The fraction of sp³-hybridized carbons (Fsp3) is 0.421. The summed E-state index contributed by atoms with van der Waals surface area (Å²) in [6.45, 7) is 3.22. The van der Waals surface area contributed by atoms with Crippen LogP contribution in [0.2, 0.25) is 0 Å². The molecule has 1 aromatic carbocycles. The van der Waals surface area contributed by atoms with Crippen molar-refractivity contribution >= 4 is 5.78 Å². The lowest BCUT2D eigenvalue weighted by Crippen LogP contribution is -2.39. The number of rotatable bonds is 10. The third-order valence-corrected chi connectivity index (χ3v) is 3.91. The standard InChI is InChI=1S/C19H26N4O.H2O/c1-2-3-7-11-21-17(13-15-8-5-4-6-9-15)19(24)16-10-12-22-18(14-20)23-16;/h4-6,8-10,12,17,21H,2-3,7,11,13-14,20H2,1H3;1H2. The van der Waals surface area contributed by atoms with Crippen LogP contribution in [0.3, 0.4) is 0 Å². The smallest absolute Gasteiger partial charge is 0.198 e. The molecule has 6 heteroatoms. The molecule has 0 aliphatic heterocycles. The summed E-state index contributed by atoms with van der Waals surface area (Å²) in [6, 6.07) is 11.4. The maximum absolute atomic E-state index is 12.9. The van der Waals surface area contributed by atoms with Gasteiger partial charge in [-0.25, -0.2) is 9.97 Å². The first-order chi connectivity index (χ1) is 11.7. The molecule has 1 atom stereocenters. The van der Waals surface area contributed by atoms with Crippen molar-refractivity contribution in [3.05, 3.63) is 59.7 Å². The van der Waals surface area contributed by atoms with E-state index in [1.165, 1.54) is 0 Å². The molecule has 0 aliphatic carbocycles. The van der Waals surface area contributed by atoms with Crippen LogP contribution < -0.4 is 11.1 Å². The normalized spacial score (nSPS) is 11.6. The minimum atomic E-state index is -0.287. The summed E-state index contributed by atoms with van der Waals surface area (Å²) >= 11 is 0. The predicted octanol–water partition coefficient (Wildman–Crippen LogP) is 1.68. The third kappa shape index (κ3) is 6.70. The number of hydrogen-bond donors (Lipinski definition) is 2.